The predicted molar refractivity (Wildman–Crippen MR) is 87.8 cm³/mol. The van der Waals surface area contributed by atoms with E-state index in [1.165, 1.54) is 6.20 Å². The van der Waals surface area contributed by atoms with Crippen LogP contribution in [-0.2, 0) is 0 Å². The molecule has 0 saturated carbocycles. The molecule has 2 rings (SSSR count). The molecule has 6 nitrogen and oxygen atoms in total. The second-order valence-electron chi connectivity index (χ2n) is 5.66. The fraction of sp³-hybridized carbons (Fsp3) is 0.353. The van der Waals surface area contributed by atoms with Crippen LogP contribution in [0.15, 0.2) is 30.5 Å². The Balaban J connectivity index is 2.33. The standard InChI is InChI=1S/C17H21N3O3/c1-11-7-5-6-8-13(11)14-9-18-17(19-15(14)16(21)22)23-10-12(2)20(3)4/h5-9,12H,10H2,1-4H3,(H,21,22). The molecule has 0 radical (unpaired) electrons. The third kappa shape index (κ3) is 4.04. The number of likely N-dealkylation sites (N-methyl/N-ethyl adjacent to an activating group) is 1. The summed E-state index contributed by atoms with van der Waals surface area (Å²) in [5.74, 6) is -1.10. The van der Waals surface area contributed by atoms with Crippen molar-refractivity contribution in [3.63, 3.8) is 0 Å². The highest BCUT2D eigenvalue weighted by atomic mass is 16.5. The summed E-state index contributed by atoms with van der Waals surface area (Å²) >= 11 is 0. The molecule has 0 aliphatic heterocycles. The number of aromatic nitrogens is 2. The van der Waals surface area contributed by atoms with E-state index < -0.39 is 5.97 Å². The number of hydrogen-bond donors (Lipinski definition) is 1. The van der Waals surface area contributed by atoms with Crippen molar-refractivity contribution in [2.24, 2.45) is 0 Å². The summed E-state index contributed by atoms with van der Waals surface area (Å²) in [5, 5.41) is 9.45. The van der Waals surface area contributed by atoms with Crippen molar-refractivity contribution in [2.45, 2.75) is 19.9 Å². The first-order chi connectivity index (χ1) is 10.9. The Kier molecular flexibility index (Phi) is 5.28. The molecule has 0 spiro atoms. The summed E-state index contributed by atoms with van der Waals surface area (Å²) in [5.41, 5.74) is 2.21. The van der Waals surface area contributed by atoms with Crippen LogP contribution in [0.5, 0.6) is 6.01 Å². The lowest BCUT2D eigenvalue weighted by Crippen LogP contribution is -2.30. The molecule has 1 N–H and O–H groups in total. The van der Waals surface area contributed by atoms with E-state index in [1.807, 2.05) is 57.1 Å². The topological polar surface area (TPSA) is 75.5 Å². The number of rotatable bonds is 6. The van der Waals surface area contributed by atoms with Crippen molar-refractivity contribution in [3.8, 4) is 17.1 Å². The molecule has 0 aliphatic rings. The van der Waals surface area contributed by atoms with Gasteiger partial charge >= 0.3 is 12.0 Å². The summed E-state index contributed by atoms with van der Waals surface area (Å²) in [6.07, 6.45) is 1.51. The minimum absolute atomic E-state index is 0.0539. The van der Waals surface area contributed by atoms with Gasteiger partial charge in [-0.15, -0.1) is 0 Å². The highest BCUT2D eigenvalue weighted by Gasteiger charge is 2.18. The number of carboxylic acids is 1. The number of hydrogen-bond acceptors (Lipinski definition) is 5. The van der Waals surface area contributed by atoms with E-state index in [0.717, 1.165) is 11.1 Å². The molecule has 0 amide bonds. The Bertz CT molecular complexity index is 701. The van der Waals surface area contributed by atoms with E-state index in [1.54, 1.807) is 0 Å². The monoisotopic (exact) mass is 315 g/mol. The Hall–Kier alpha value is -2.47. The third-order valence-corrected chi connectivity index (χ3v) is 3.74. The second-order valence-corrected chi connectivity index (χ2v) is 5.66. The van der Waals surface area contributed by atoms with Crippen molar-refractivity contribution in [1.29, 1.82) is 0 Å². The summed E-state index contributed by atoms with van der Waals surface area (Å²) in [6, 6.07) is 7.78. The van der Waals surface area contributed by atoms with Crippen LogP contribution >= 0.6 is 0 Å². The lowest BCUT2D eigenvalue weighted by molar-refractivity contribution is 0.0689. The fourth-order valence-corrected chi connectivity index (χ4v) is 2.01. The lowest BCUT2D eigenvalue weighted by Gasteiger charge is -2.19. The van der Waals surface area contributed by atoms with E-state index in [-0.39, 0.29) is 17.7 Å². The summed E-state index contributed by atoms with van der Waals surface area (Å²) in [7, 11) is 3.89. The van der Waals surface area contributed by atoms with Gasteiger partial charge in [-0.3, -0.25) is 0 Å². The third-order valence-electron chi connectivity index (χ3n) is 3.74. The number of aromatic carboxylic acids is 1. The number of carbonyl (C=O) groups is 1. The van der Waals surface area contributed by atoms with Gasteiger partial charge in [0.2, 0.25) is 0 Å². The molecule has 1 aromatic carbocycles. The molecular formula is C17H21N3O3. The van der Waals surface area contributed by atoms with Crippen LogP contribution in [-0.4, -0.2) is 52.7 Å². The molecular weight excluding hydrogens is 294 g/mol. The molecule has 2 aromatic rings. The molecule has 1 aromatic heterocycles. The number of benzene rings is 1. The maximum Gasteiger partial charge on any atom is 0.355 e. The zero-order valence-corrected chi connectivity index (χ0v) is 13.8. The van der Waals surface area contributed by atoms with Crippen LogP contribution in [0.3, 0.4) is 0 Å². The normalized spacial score (nSPS) is 12.2. The predicted octanol–water partition coefficient (Wildman–Crippen LogP) is 2.48. The van der Waals surface area contributed by atoms with E-state index in [0.29, 0.717) is 12.2 Å². The molecule has 1 atom stereocenters. The molecule has 6 heteroatoms. The maximum absolute atomic E-state index is 11.6. The second kappa shape index (κ2) is 7.19. The van der Waals surface area contributed by atoms with Crippen molar-refractivity contribution in [1.82, 2.24) is 14.9 Å². The van der Waals surface area contributed by atoms with Gasteiger partial charge in [-0.25, -0.2) is 9.78 Å². The van der Waals surface area contributed by atoms with Gasteiger partial charge in [0.25, 0.3) is 0 Å². The van der Waals surface area contributed by atoms with Gasteiger partial charge in [0, 0.05) is 17.8 Å². The van der Waals surface area contributed by atoms with Crippen LogP contribution in [0.2, 0.25) is 0 Å². The van der Waals surface area contributed by atoms with Gasteiger partial charge in [-0.2, -0.15) is 4.98 Å². The number of nitrogens with zero attached hydrogens (tertiary/aromatic N) is 3. The zero-order valence-electron chi connectivity index (χ0n) is 13.8. The van der Waals surface area contributed by atoms with E-state index >= 15 is 0 Å². The van der Waals surface area contributed by atoms with Crippen molar-refractivity contribution in [3.05, 3.63) is 41.7 Å². The lowest BCUT2D eigenvalue weighted by atomic mass is 10.0. The van der Waals surface area contributed by atoms with Crippen LogP contribution < -0.4 is 4.74 Å². The molecule has 1 unspecified atom stereocenters. The minimum atomic E-state index is -1.10. The van der Waals surface area contributed by atoms with Gasteiger partial charge in [0.1, 0.15) is 6.61 Å². The molecule has 0 saturated heterocycles. The van der Waals surface area contributed by atoms with Gasteiger partial charge in [0.05, 0.1) is 0 Å². The quantitative estimate of drug-likeness (QED) is 0.882. The SMILES string of the molecule is Cc1ccccc1-c1cnc(OCC(C)N(C)C)nc1C(=O)O. The van der Waals surface area contributed by atoms with Crippen LogP contribution in [0.4, 0.5) is 0 Å². The molecule has 23 heavy (non-hydrogen) atoms. The first-order valence-corrected chi connectivity index (χ1v) is 7.35. The average Bonchev–Trinajstić information content (AvgIpc) is 2.52. The average molecular weight is 315 g/mol. The summed E-state index contributed by atoms with van der Waals surface area (Å²) in [4.78, 5) is 21.8. The number of carboxylic acid groups (broad SMARTS) is 1. The number of aryl methyl sites for hydroxylation is 1. The minimum Gasteiger partial charge on any atom is -0.476 e. The van der Waals surface area contributed by atoms with Crippen LogP contribution in [0.1, 0.15) is 23.0 Å². The van der Waals surface area contributed by atoms with E-state index in [9.17, 15) is 9.90 Å². The molecule has 122 valence electrons. The van der Waals surface area contributed by atoms with Crippen molar-refractivity contribution in [2.75, 3.05) is 20.7 Å². The summed E-state index contributed by atoms with van der Waals surface area (Å²) in [6.45, 7) is 4.31. The molecule has 0 aliphatic carbocycles. The van der Waals surface area contributed by atoms with Gasteiger partial charge < -0.3 is 14.7 Å². The first kappa shape index (κ1) is 16.9. The highest BCUT2D eigenvalue weighted by Crippen LogP contribution is 2.26. The summed E-state index contributed by atoms with van der Waals surface area (Å²) < 4.78 is 5.51. The van der Waals surface area contributed by atoms with Crippen LogP contribution in [0, 0.1) is 6.92 Å². The Morgan fingerprint density at radius 2 is 2.00 bits per heavy atom. The van der Waals surface area contributed by atoms with Gasteiger partial charge in [-0.1, -0.05) is 24.3 Å². The van der Waals surface area contributed by atoms with E-state index in [2.05, 4.69) is 9.97 Å². The van der Waals surface area contributed by atoms with Crippen molar-refractivity contribution >= 4 is 5.97 Å². The Labute approximate surface area is 135 Å². The number of ether oxygens (including phenoxy) is 1. The Morgan fingerprint density at radius 1 is 1.30 bits per heavy atom. The first-order valence-electron chi connectivity index (χ1n) is 7.35. The molecule has 0 bridgehead atoms. The van der Waals surface area contributed by atoms with Gasteiger partial charge in [-0.05, 0) is 39.1 Å². The van der Waals surface area contributed by atoms with E-state index in [4.69, 9.17) is 4.74 Å². The maximum atomic E-state index is 11.6. The van der Waals surface area contributed by atoms with Crippen molar-refractivity contribution < 1.29 is 14.6 Å². The molecule has 1 heterocycles. The Morgan fingerprint density at radius 3 is 2.61 bits per heavy atom. The smallest absolute Gasteiger partial charge is 0.355 e. The fourth-order valence-electron chi connectivity index (χ4n) is 2.01. The molecule has 0 fully saturated rings. The zero-order chi connectivity index (χ0) is 17.0. The highest BCUT2D eigenvalue weighted by molar-refractivity contribution is 5.94. The largest absolute Gasteiger partial charge is 0.476 e. The van der Waals surface area contributed by atoms with Gasteiger partial charge in [0.15, 0.2) is 5.69 Å². The van der Waals surface area contributed by atoms with Crippen LogP contribution in [0.25, 0.3) is 11.1 Å².